The number of allylic oxidation sites excluding steroid dienone is 16. The number of carbonyl (C=O) groups excluding carboxylic acids is 2. The van der Waals surface area contributed by atoms with Crippen molar-refractivity contribution in [3.63, 3.8) is 0 Å². The minimum absolute atomic E-state index is 0.0146. The largest absolute Gasteiger partial charge is 0.462 e. The van der Waals surface area contributed by atoms with Crippen LogP contribution in [-0.4, -0.2) is 46.9 Å². The van der Waals surface area contributed by atoms with Crippen LogP contribution < -0.4 is 5.32 Å². The molecule has 1 amide bonds. The number of esters is 1. The first kappa shape index (κ1) is 62.8. The maximum atomic E-state index is 13.2. The molecule has 0 aliphatic carbocycles. The highest BCUT2D eigenvalue weighted by molar-refractivity contribution is 5.77. The molecule has 0 aliphatic rings. The monoisotopic (exact) mass is 918 g/mol. The third kappa shape index (κ3) is 47.3. The SMILES string of the molecule is CC/C=C/C=C/C=C\C=C/C=C/CCCC(CC(=O)NC(CO)C(O)CCCCCCCCCCCCCCCCCCC)OC(=O)CCCCCC/C=C\C/C=C\C/C=C\CCCCC. The van der Waals surface area contributed by atoms with Gasteiger partial charge in [0.15, 0.2) is 0 Å². The zero-order valence-corrected chi connectivity index (χ0v) is 43.0. The summed E-state index contributed by atoms with van der Waals surface area (Å²) < 4.78 is 5.89. The van der Waals surface area contributed by atoms with Crippen LogP contribution in [-0.2, 0) is 14.3 Å². The van der Waals surface area contributed by atoms with Gasteiger partial charge in [0.2, 0.25) is 5.91 Å². The van der Waals surface area contributed by atoms with Crippen LogP contribution in [0.5, 0.6) is 0 Å². The number of unbranched alkanes of at least 4 members (excludes halogenated alkanes) is 24. The molecule has 6 nitrogen and oxygen atoms in total. The van der Waals surface area contributed by atoms with E-state index in [0.717, 1.165) is 83.5 Å². The molecule has 0 aromatic rings. The second-order valence-electron chi connectivity index (χ2n) is 18.4. The Morgan fingerprint density at radius 2 is 0.894 bits per heavy atom. The van der Waals surface area contributed by atoms with Gasteiger partial charge in [-0.15, -0.1) is 0 Å². The van der Waals surface area contributed by atoms with Crippen molar-refractivity contribution in [1.29, 1.82) is 0 Å². The van der Waals surface area contributed by atoms with Crippen molar-refractivity contribution in [1.82, 2.24) is 5.32 Å². The van der Waals surface area contributed by atoms with Crippen molar-refractivity contribution < 1.29 is 24.5 Å². The molecular formula is C60H103NO5. The Kier molecular flexibility index (Phi) is 50.2. The molecule has 0 saturated carbocycles. The average Bonchev–Trinajstić information content (AvgIpc) is 3.31. The number of aliphatic hydroxyl groups is 2. The standard InChI is InChI=1S/C60H103NO5/c1-4-7-10-13-16-19-22-25-27-29-31-34-37-40-43-46-49-52-58(63)57(55-62)61-59(64)54-56(51-48-45-42-39-36-33-24-21-18-15-12-9-6-3)66-60(65)53-50-47-44-41-38-35-32-30-28-26-23-20-17-14-11-8-5-2/h9,12,15,17-18,20-21,24,26,28,32-33,35-36,39,42,56-58,62-63H,4-8,10-11,13-14,16,19,22-23,25,27,29-31,34,37-38,40-41,43-55H2,1-3H3,(H,61,64)/b12-9+,18-15+,20-17-,24-21-,28-26-,35-32-,36-33-,42-39+. The molecule has 0 aliphatic heterocycles. The van der Waals surface area contributed by atoms with E-state index in [2.05, 4.69) is 74.7 Å². The molecule has 0 heterocycles. The maximum absolute atomic E-state index is 13.2. The van der Waals surface area contributed by atoms with Gasteiger partial charge in [0.25, 0.3) is 0 Å². The molecular weight excluding hydrogens is 815 g/mol. The van der Waals surface area contributed by atoms with Gasteiger partial charge in [0.05, 0.1) is 25.2 Å². The summed E-state index contributed by atoms with van der Waals surface area (Å²) in [7, 11) is 0. The number of rotatable bonds is 48. The predicted molar refractivity (Wildman–Crippen MR) is 287 cm³/mol. The first-order valence-electron chi connectivity index (χ1n) is 27.5. The van der Waals surface area contributed by atoms with E-state index in [9.17, 15) is 19.8 Å². The van der Waals surface area contributed by atoms with Crippen LogP contribution in [0.25, 0.3) is 0 Å². The summed E-state index contributed by atoms with van der Waals surface area (Å²) >= 11 is 0. The lowest BCUT2D eigenvalue weighted by molar-refractivity contribution is -0.151. The molecule has 0 spiro atoms. The van der Waals surface area contributed by atoms with Crippen molar-refractivity contribution in [3.8, 4) is 0 Å². The molecule has 0 aromatic carbocycles. The third-order valence-electron chi connectivity index (χ3n) is 12.0. The molecule has 0 aromatic heterocycles. The fourth-order valence-corrected chi connectivity index (χ4v) is 7.88. The minimum Gasteiger partial charge on any atom is -0.462 e. The van der Waals surface area contributed by atoms with E-state index in [4.69, 9.17) is 4.74 Å². The van der Waals surface area contributed by atoms with E-state index in [-0.39, 0.29) is 24.9 Å². The Balaban J connectivity index is 4.65. The van der Waals surface area contributed by atoms with Crippen molar-refractivity contribution in [2.24, 2.45) is 0 Å². The second-order valence-corrected chi connectivity index (χ2v) is 18.4. The fraction of sp³-hybridized carbons (Fsp3) is 0.700. The number of ether oxygens (including phenoxy) is 1. The van der Waals surface area contributed by atoms with Crippen LogP contribution in [0, 0.1) is 0 Å². The number of hydrogen-bond acceptors (Lipinski definition) is 5. The van der Waals surface area contributed by atoms with Gasteiger partial charge in [0, 0.05) is 6.42 Å². The molecule has 3 N–H and O–H groups in total. The number of hydrogen-bond donors (Lipinski definition) is 3. The molecule has 0 fully saturated rings. The quantitative estimate of drug-likeness (QED) is 0.0245. The molecule has 0 saturated heterocycles. The zero-order valence-electron chi connectivity index (χ0n) is 43.0. The third-order valence-corrected chi connectivity index (χ3v) is 12.0. The lowest BCUT2D eigenvalue weighted by Crippen LogP contribution is -2.46. The number of amides is 1. The van der Waals surface area contributed by atoms with E-state index in [1.807, 2.05) is 48.6 Å². The molecule has 3 atom stereocenters. The lowest BCUT2D eigenvalue weighted by Gasteiger charge is -2.24. The molecule has 0 radical (unpaired) electrons. The van der Waals surface area contributed by atoms with Gasteiger partial charge in [-0.3, -0.25) is 9.59 Å². The molecule has 0 rings (SSSR count). The summed E-state index contributed by atoms with van der Waals surface area (Å²) in [5.74, 6) is -0.576. The van der Waals surface area contributed by atoms with Gasteiger partial charge in [-0.25, -0.2) is 0 Å². The smallest absolute Gasteiger partial charge is 0.306 e. The van der Waals surface area contributed by atoms with E-state index in [1.54, 1.807) is 0 Å². The van der Waals surface area contributed by atoms with Crippen LogP contribution in [0.1, 0.15) is 245 Å². The van der Waals surface area contributed by atoms with Gasteiger partial charge in [-0.05, 0) is 77.0 Å². The lowest BCUT2D eigenvalue weighted by atomic mass is 10.0. The zero-order chi connectivity index (χ0) is 48.1. The maximum Gasteiger partial charge on any atom is 0.306 e. The summed E-state index contributed by atoms with van der Waals surface area (Å²) in [6.45, 7) is 6.29. The van der Waals surface area contributed by atoms with Crippen molar-refractivity contribution >= 4 is 11.9 Å². The normalized spacial score (nSPS) is 14.0. The summed E-state index contributed by atoms with van der Waals surface area (Å²) in [6.07, 6.45) is 70.5. The van der Waals surface area contributed by atoms with Crippen LogP contribution >= 0.6 is 0 Å². The highest BCUT2D eigenvalue weighted by Crippen LogP contribution is 2.17. The summed E-state index contributed by atoms with van der Waals surface area (Å²) in [4.78, 5) is 26.2. The Morgan fingerprint density at radius 1 is 0.470 bits per heavy atom. The highest BCUT2D eigenvalue weighted by atomic mass is 16.5. The Morgan fingerprint density at radius 3 is 1.42 bits per heavy atom. The molecule has 0 bridgehead atoms. The molecule has 3 unspecified atom stereocenters. The average molecular weight is 918 g/mol. The Hall–Kier alpha value is -3.22. The van der Waals surface area contributed by atoms with Crippen molar-refractivity contribution in [2.45, 2.75) is 264 Å². The van der Waals surface area contributed by atoms with E-state index in [1.165, 1.54) is 116 Å². The van der Waals surface area contributed by atoms with Crippen LogP contribution in [0.4, 0.5) is 0 Å². The number of nitrogens with one attached hydrogen (secondary N) is 1. The van der Waals surface area contributed by atoms with Gasteiger partial charge in [-0.2, -0.15) is 0 Å². The summed E-state index contributed by atoms with van der Waals surface area (Å²) in [5.41, 5.74) is 0. The molecule has 378 valence electrons. The van der Waals surface area contributed by atoms with E-state index >= 15 is 0 Å². The summed E-state index contributed by atoms with van der Waals surface area (Å²) in [5, 5.41) is 23.8. The molecule has 6 heteroatoms. The topological polar surface area (TPSA) is 95.9 Å². The fourth-order valence-electron chi connectivity index (χ4n) is 7.88. The molecule has 66 heavy (non-hydrogen) atoms. The predicted octanol–water partition coefficient (Wildman–Crippen LogP) is 16.9. The number of carbonyl (C=O) groups is 2. The van der Waals surface area contributed by atoms with Gasteiger partial charge in [-0.1, -0.05) is 253 Å². The Labute approximate surface area is 407 Å². The first-order chi connectivity index (χ1) is 32.5. The van der Waals surface area contributed by atoms with Gasteiger partial charge < -0.3 is 20.3 Å². The van der Waals surface area contributed by atoms with Crippen LogP contribution in [0.15, 0.2) is 97.2 Å². The van der Waals surface area contributed by atoms with Crippen molar-refractivity contribution in [2.75, 3.05) is 6.61 Å². The summed E-state index contributed by atoms with van der Waals surface area (Å²) in [6, 6.07) is -0.736. The van der Waals surface area contributed by atoms with Crippen LogP contribution in [0.2, 0.25) is 0 Å². The van der Waals surface area contributed by atoms with E-state index < -0.39 is 18.2 Å². The van der Waals surface area contributed by atoms with Crippen molar-refractivity contribution in [3.05, 3.63) is 97.2 Å². The number of aliphatic hydroxyl groups excluding tert-OH is 2. The van der Waals surface area contributed by atoms with E-state index in [0.29, 0.717) is 19.3 Å². The van der Waals surface area contributed by atoms with Gasteiger partial charge >= 0.3 is 5.97 Å². The minimum atomic E-state index is -0.817. The Bertz CT molecular complexity index is 1310. The highest BCUT2D eigenvalue weighted by Gasteiger charge is 2.24. The first-order valence-corrected chi connectivity index (χ1v) is 27.5. The van der Waals surface area contributed by atoms with Crippen LogP contribution in [0.3, 0.4) is 0 Å². The van der Waals surface area contributed by atoms with Gasteiger partial charge in [0.1, 0.15) is 6.10 Å². The second kappa shape index (κ2) is 52.7.